The van der Waals surface area contributed by atoms with E-state index in [0.29, 0.717) is 5.75 Å². The Bertz CT molecular complexity index is 739. The molecule has 5 heteroatoms. The van der Waals surface area contributed by atoms with Crippen LogP contribution in [-0.2, 0) is 11.3 Å². The molecule has 3 rings (SSSR count). The van der Waals surface area contributed by atoms with Crippen molar-refractivity contribution in [3.8, 4) is 11.5 Å². The van der Waals surface area contributed by atoms with Crippen LogP contribution in [-0.4, -0.2) is 37.1 Å². The monoisotopic (exact) mass is 368 g/mol. The molecule has 0 radical (unpaired) electrons. The number of benzene rings is 2. The molecule has 1 fully saturated rings. The first kappa shape index (κ1) is 19.2. The summed E-state index contributed by atoms with van der Waals surface area (Å²) < 4.78 is 10.9. The van der Waals surface area contributed by atoms with Crippen LogP contribution in [0, 0.1) is 0 Å². The molecular weight excluding hydrogens is 340 g/mol. The van der Waals surface area contributed by atoms with Crippen LogP contribution >= 0.6 is 0 Å². The molecule has 27 heavy (non-hydrogen) atoms. The van der Waals surface area contributed by atoms with Gasteiger partial charge in [0, 0.05) is 12.2 Å². The van der Waals surface area contributed by atoms with Crippen LogP contribution in [0.25, 0.3) is 0 Å². The Kier molecular flexibility index (Phi) is 6.71. The lowest BCUT2D eigenvalue weighted by atomic mass is 10.1. The van der Waals surface area contributed by atoms with E-state index >= 15 is 0 Å². The van der Waals surface area contributed by atoms with Gasteiger partial charge in [0.25, 0.3) is 5.91 Å². The highest BCUT2D eigenvalue weighted by Crippen LogP contribution is 2.19. The average molecular weight is 368 g/mol. The molecule has 1 unspecified atom stereocenters. The molecule has 0 aromatic heterocycles. The number of carbonyl (C=O) groups excluding carboxylic acids is 1. The molecule has 5 nitrogen and oxygen atoms in total. The highest BCUT2D eigenvalue weighted by atomic mass is 16.5. The minimum atomic E-state index is -0.593. The Morgan fingerprint density at radius 1 is 1.07 bits per heavy atom. The molecule has 1 aliphatic heterocycles. The summed E-state index contributed by atoms with van der Waals surface area (Å²) >= 11 is 0. The van der Waals surface area contributed by atoms with Crippen molar-refractivity contribution in [3.63, 3.8) is 0 Å². The fourth-order valence-electron chi connectivity index (χ4n) is 3.28. The number of nitrogens with zero attached hydrogens (tertiary/aromatic N) is 1. The van der Waals surface area contributed by atoms with E-state index in [2.05, 4.69) is 16.3 Å². The first-order valence-electron chi connectivity index (χ1n) is 9.57. The van der Waals surface area contributed by atoms with Gasteiger partial charge in [-0.2, -0.15) is 0 Å². The van der Waals surface area contributed by atoms with Crippen LogP contribution in [0.1, 0.15) is 31.7 Å². The van der Waals surface area contributed by atoms with E-state index in [-0.39, 0.29) is 5.91 Å². The zero-order valence-electron chi connectivity index (χ0n) is 16.1. The van der Waals surface area contributed by atoms with Gasteiger partial charge in [0.15, 0.2) is 6.10 Å². The SMILES string of the molecule is COc1ccc(OC(C)C(=O)Nc2cccc(CN3CCCCC3)c2)cc1. The minimum Gasteiger partial charge on any atom is -0.497 e. The van der Waals surface area contributed by atoms with Crippen molar-refractivity contribution >= 4 is 11.6 Å². The van der Waals surface area contributed by atoms with Gasteiger partial charge < -0.3 is 14.8 Å². The van der Waals surface area contributed by atoms with Crippen molar-refractivity contribution in [2.75, 3.05) is 25.5 Å². The molecule has 0 spiro atoms. The summed E-state index contributed by atoms with van der Waals surface area (Å²) in [4.78, 5) is 14.9. The third kappa shape index (κ3) is 5.73. The summed E-state index contributed by atoms with van der Waals surface area (Å²) in [6, 6.07) is 15.3. The number of carbonyl (C=O) groups is 1. The molecule has 1 atom stereocenters. The lowest BCUT2D eigenvalue weighted by Crippen LogP contribution is -2.30. The van der Waals surface area contributed by atoms with Gasteiger partial charge in [-0.25, -0.2) is 0 Å². The summed E-state index contributed by atoms with van der Waals surface area (Å²) in [5.74, 6) is 1.23. The number of hydrogen-bond acceptors (Lipinski definition) is 4. The average Bonchev–Trinajstić information content (AvgIpc) is 2.69. The van der Waals surface area contributed by atoms with Gasteiger partial charge in [-0.05, 0) is 74.8 Å². The molecule has 1 heterocycles. The number of ether oxygens (including phenoxy) is 2. The Morgan fingerprint density at radius 2 is 1.78 bits per heavy atom. The lowest BCUT2D eigenvalue weighted by Gasteiger charge is -2.26. The van der Waals surface area contributed by atoms with Crippen molar-refractivity contribution in [1.82, 2.24) is 4.90 Å². The standard InChI is InChI=1S/C22H28N2O3/c1-17(27-21-11-9-20(26-2)10-12-21)22(25)23-19-8-6-7-18(15-19)16-24-13-4-3-5-14-24/h6-12,15,17H,3-5,13-14,16H2,1-2H3,(H,23,25). The predicted molar refractivity (Wildman–Crippen MR) is 107 cm³/mol. The van der Waals surface area contributed by atoms with Gasteiger partial charge in [-0.1, -0.05) is 18.6 Å². The molecule has 1 aliphatic rings. The molecule has 1 amide bonds. The zero-order chi connectivity index (χ0) is 19.1. The second-order valence-corrected chi connectivity index (χ2v) is 6.96. The predicted octanol–water partition coefficient (Wildman–Crippen LogP) is 4.09. The fraction of sp³-hybridized carbons (Fsp3) is 0.409. The summed E-state index contributed by atoms with van der Waals surface area (Å²) in [5.41, 5.74) is 2.03. The van der Waals surface area contributed by atoms with E-state index in [1.54, 1.807) is 26.2 Å². The Morgan fingerprint density at radius 3 is 2.48 bits per heavy atom. The maximum absolute atomic E-state index is 12.5. The van der Waals surface area contributed by atoms with E-state index in [4.69, 9.17) is 9.47 Å². The lowest BCUT2D eigenvalue weighted by molar-refractivity contribution is -0.122. The Labute approximate surface area is 161 Å². The maximum Gasteiger partial charge on any atom is 0.265 e. The van der Waals surface area contributed by atoms with Crippen molar-refractivity contribution in [3.05, 3.63) is 54.1 Å². The number of likely N-dealkylation sites (tertiary alicyclic amines) is 1. The van der Waals surface area contributed by atoms with Crippen LogP contribution in [0.2, 0.25) is 0 Å². The molecule has 2 aromatic carbocycles. The molecule has 0 aliphatic carbocycles. The van der Waals surface area contributed by atoms with E-state index in [9.17, 15) is 4.79 Å². The fourth-order valence-corrected chi connectivity index (χ4v) is 3.28. The minimum absolute atomic E-state index is 0.166. The zero-order valence-corrected chi connectivity index (χ0v) is 16.1. The number of rotatable bonds is 7. The number of piperidine rings is 1. The molecule has 144 valence electrons. The smallest absolute Gasteiger partial charge is 0.265 e. The van der Waals surface area contributed by atoms with Crippen LogP contribution < -0.4 is 14.8 Å². The molecule has 1 N–H and O–H groups in total. The maximum atomic E-state index is 12.5. The second kappa shape index (κ2) is 9.42. The third-order valence-electron chi connectivity index (χ3n) is 4.79. The molecule has 0 saturated carbocycles. The van der Waals surface area contributed by atoms with Crippen LogP contribution in [0.3, 0.4) is 0 Å². The summed E-state index contributed by atoms with van der Waals surface area (Å²) in [6.45, 7) is 4.99. The Balaban J connectivity index is 1.55. The number of hydrogen-bond donors (Lipinski definition) is 1. The summed E-state index contributed by atoms with van der Waals surface area (Å²) in [5, 5.41) is 2.95. The number of methoxy groups -OCH3 is 1. The normalized spacial score (nSPS) is 15.8. The molecule has 0 bridgehead atoms. The first-order chi connectivity index (χ1) is 13.1. The quantitative estimate of drug-likeness (QED) is 0.800. The number of nitrogens with one attached hydrogen (secondary N) is 1. The van der Waals surface area contributed by atoms with Crippen molar-refractivity contribution in [2.24, 2.45) is 0 Å². The van der Waals surface area contributed by atoms with E-state index in [1.165, 1.54) is 24.8 Å². The molecule has 1 saturated heterocycles. The van der Waals surface area contributed by atoms with Crippen LogP contribution in [0.4, 0.5) is 5.69 Å². The van der Waals surface area contributed by atoms with Gasteiger partial charge in [0.2, 0.25) is 0 Å². The third-order valence-corrected chi connectivity index (χ3v) is 4.79. The summed E-state index contributed by atoms with van der Waals surface area (Å²) in [6.07, 6.45) is 3.29. The number of amides is 1. The first-order valence-corrected chi connectivity index (χ1v) is 9.57. The molecular formula is C22H28N2O3. The van der Waals surface area contributed by atoms with Crippen molar-refractivity contribution < 1.29 is 14.3 Å². The largest absolute Gasteiger partial charge is 0.497 e. The van der Waals surface area contributed by atoms with Gasteiger partial charge >= 0.3 is 0 Å². The number of anilines is 1. The van der Waals surface area contributed by atoms with E-state index in [0.717, 1.165) is 31.1 Å². The van der Waals surface area contributed by atoms with Gasteiger partial charge in [0.1, 0.15) is 11.5 Å². The highest BCUT2D eigenvalue weighted by molar-refractivity contribution is 5.94. The summed E-state index contributed by atoms with van der Waals surface area (Å²) in [7, 11) is 1.62. The van der Waals surface area contributed by atoms with Crippen molar-refractivity contribution in [1.29, 1.82) is 0 Å². The van der Waals surface area contributed by atoms with E-state index < -0.39 is 6.10 Å². The van der Waals surface area contributed by atoms with Crippen molar-refractivity contribution in [2.45, 2.75) is 38.8 Å². The van der Waals surface area contributed by atoms with Crippen LogP contribution in [0.15, 0.2) is 48.5 Å². The van der Waals surface area contributed by atoms with Gasteiger partial charge in [0.05, 0.1) is 7.11 Å². The van der Waals surface area contributed by atoms with Gasteiger partial charge in [-0.15, -0.1) is 0 Å². The highest BCUT2D eigenvalue weighted by Gasteiger charge is 2.16. The second-order valence-electron chi connectivity index (χ2n) is 6.96. The van der Waals surface area contributed by atoms with Gasteiger partial charge in [-0.3, -0.25) is 9.69 Å². The molecule has 2 aromatic rings. The van der Waals surface area contributed by atoms with E-state index in [1.807, 2.05) is 30.3 Å². The topological polar surface area (TPSA) is 50.8 Å². The van der Waals surface area contributed by atoms with Crippen LogP contribution in [0.5, 0.6) is 11.5 Å². The Hall–Kier alpha value is -2.53.